The third kappa shape index (κ3) is 4.32. The number of hydrogen-bond acceptors (Lipinski definition) is 3. The first-order valence-corrected chi connectivity index (χ1v) is 10.5. The maximum Gasteiger partial charge on any atom is 0.260 e. The zero-order valence-corrected chi connectivity index (χ0v) is 17.0. The number of amides is 1. The molecule has 162 valence electrons. The number of hydrogen-bond donors (Lipinski definition) is 1. The van der Waals surface area contributed by atoms with Crippen molar-refractivity contribution in [2.24, 2.45) is 5.92 Å². The molecule has 0 bridgehead atoms. The largest absolute Gasteiger partial charge is 0.367 e. The lowest BCUT2D eigenvalue weighted by Crippen LogP contribution is -2.48. The van der Waals surface area contributed by atoms with E-state index in [2.05, 4.69) is 10.4 Å². The molecule has 0 saturated carbocycles. The maximum atomic E-state index is 13.8. The number of aryl methyl sites for hydroxylation is 2. The number of fused-ring (bicyclic) bond motifs is 1. The Morgan fingerprint density at radius 2 is 2.13 bits per heavy atom. The molecule has 3 heterocycles. The van der Waals surface area contributed by atoms with Crippen molar-refractivity contribution in [1.29, 1.82) is 0 Å². The second-order valence-corrected chi connectivity index (χ2v) is 8.34. The summed E-state index contributed by atoms with van der Waals surface area (Å²) >= 11 is 0. The second-order valence-electron chi connectivity index (χ2n) is 8.34. The summed E-state index contributed by atoms with van der Waals surface area (Å²) < 4.78 is 42.5. The summed E-state index contributed by atoms with van der Waals surface area (Å²) in [5.74, 6) is 0.418. The van der Waals surface area contributed by atoms with E-state index in [1.165, 1.54) is 10.7 Å². The number of carbonyl (C=O) groups is 1. The Labute approximate surface area is 174 Å². The van der Waals surface area contributed by atoms with Gasteiger partial charge in [0.05, 0.1) is 5.69 Å². The Morgan fingerprint density at radius 3 is 2.90 bits per heavy atom. The molecule has 3 atom stereocenters. The highest BCUT2D eigenvalue weighted by Gasteiger charge is 2.38. The van der Waals surface area contributed by atoms with Gasteiger partial charge in [0, 0.05) is 31.6 Å². The van der Waals surface area contributed by atoms with Crippen molar-refractivity contribution >= 4 is 11.7 Å². The van der Waals surface area contributed by atoms with Gasteiger partial charge in [-0.1, -0.05) is 18.2 Å². The summed E-state index contributed by atoms with van der Waals surface area (Å²) in [6.07, 6.45) is 0.129. The van der Waals surface area contributed by atoms with Crippen LogP contribution in [0, 0.1) is 18.7 Å². The Bertz CT molecular complexity index is 900. The molecule has 8 heteroatoms. The molecule has 0 unspecified atom stereocenters. The first kappa shape index (κ1) is 20.8. The third-order valence-electron chi connectivity index (χ3n) is 6.24. The number of alkyl halides is 2. The van der Waals surface area contributed by atoms with Gasteiger partial charge in [0.2, 0.25) is 5.91 Å². The fraction of sp³-hybridized carbons (Fsp3) is 0.545. The quantitative estimate of drug-likeness (QED) is 0.789. The van der Waals surface area contributed by atoms with E-state index in [4.69, 9.17) is 0 Å². The zero-order valence-electron chi connectivity index (χ0n) is 17.0. The number of rotatable bonds is 5. The average Bonchev–Trinajstić information content (AvgIpc) is 3.12. The molecule has 2 aromatic rings. The van der Waals surface area contributed by atoms with Gasteiger partial charge in [-0.2, -0.15) is 5.10 Å². The van der Waals surface area contributed by atoms with E-state index in [9.17, 15) is 18.0 Å². The topological polar surface area (TPSA) is 50.2 Å². The molecule has 2 aliphatic heterocycles. The van der Waals surface area contributed by atoms with Crippen LogP contribution >= 0.6 is 0 Å². The molecule has 30 heavy (non-hydrogen) atoms. The summed E-state index contributed by atoms with van der Waals surface area (Å²) in [7, 11) is 0. The molecule has 0 aliphatic carbocycles. The van der Waals surface area contributed by atoms with E-state index in [0.29, 0.717) is 36.6 Å². The molecule has 1 amide bonds. The highest BCUT2D eigenvalue weighted by Crippen LogP contribution is 2.36. The molecule has 1 aromatic heterocycles. The molecule has 2 aliphatic rings. The van der Waals surface area contributed by atoms with Gasteiger partial charge >= 0.3 is 0 Å². The minimum Gasteiger partial charge on any atom is -0.367 e. The molecule has 0 spiro atoms. The summed E-state index contributed by atoms with van der Waals surface area (Å²) in [6, 6.07) is 7.21. The number of nitrogens with zero attached hydrogens (tertiary/aromatic N) is 3. The summed E-state index contributed by atoms with van der Waals surface area (Å²) in [6.45, 7) is 2.99. The van der Waals surface area contributed by atoms with Gasteiger partial charge in [-0.15, -0.1) is 0 Å². The number of aromatic nitrogens is 2. The fourth-order valence-corrected chi connectivity index (χ4v) is 4.67. The average molecular weight is 420 g/mol. The van der Waals surface area contributed by atoms with Gasteiger partial charge in [-0.25, -0.2) is 17.9 Å². The van der Waals surface area contributed by atoms with E-state index in [0.717, 1.165) is 12.8 Å². The van der Waals surface area contributed by atoms with Crippen molar-refractivity contribution in [2.45, 2.75) is 57.5 Å². The van der Waals surface area contributed by atoms with Crippen molar-refractivity contribution in [2.75, 3.05) is 18.4 Å². The van der Waals surface area contributed by atoms with E-state index in [-0.39, 0.29) is 36.5 Å². The van der Waals surface area contributed by atoms with Crippen LogP contribution < -0.4 is 5.32 Å². The van der Waals surface area contributed by atoms with Crippen LogP contribution in [0.4, 0.5) is 19.0 Å². The van der Waals surface area contributed by atoms with Gasteiger partial charge < -0.3 is 10.2 Å². The molecule has 1 aromatic carbocycles. The van der Waals surface area contributed by atoms with Crippen LogP contribution in [0.3, 0.4) is 0 Å². The van der Waals surface area contributed by atoms with Gasteiger partial charge in [0.25, 0.3) is 6.43 Å². The smallest absolute Gasteiger partial charge is 0.260 e. The van der Waals surface area contributed by atoms with Crippen molar-refractivity contribution in [3.05, 3.63) is 47.4 Å². The first-order chi connectivity index (χ1) is 14.4. The van der Waals surface area contributed by atoms with Crippen LogP contribution in [0.25, 0.3) is 0 Å². The molecule has 1 fully saturated rings. The molecular formula is C22H27F3N4O. The molecule has 1 saturated heterocycles. The molecule has 1 N–H and O–H groups in total. The minimum absolute atomic E-state index is 0.00921. The standard InChI is InChI=1S/C22H27F3N4O/c1-14-11-20-26-18(12-19(22(24)25)29(20)27-14)16-6-4-10-28(13-16)21(30)9-8-15-5-2-3-7-17(15)23/h2-3,5,7,11,16,18-19,22,26H,4,6,8-10,12-13H2,1H3/t16-,18-,19+/m0/s1. The lowest BCUT2D eigenvalue weighted by molar-refractivity contribution is -0.133. The lowest BCUT2D eigenvalue weighted by atomic mass is 9.85. The van der Waals surface area contributed by atoms with E-state index < -0.39 is 12.5 Å². The van der Waals surface area contributed by atoms with Gasteiger partial charge in [-0.3, -0.25) is 4.79 Å². The van der Waals surface area contributed by atoms with Gasteiger partial charge in [0.1, 0.15) is 17.7 Å². The summed E-state index contributed by atoms with van der Waals surface area (Å²) in [5.41, 5.74) is 1.24. The minimum atomic E-state index is -2.49. The SMILES string of the molecule is Cc1cc2n(n1)[C@@H](C(F)F)C[C@@H]([C@H]1CCCN(C(=O)CCc3ccccc3F)C1)N2. The lowest BCUT2D eigenvalue weighted by Gasteiger charge is -2.41. The summed E-state index contributed by atoms with van der Waals surface area (Å²) in [5, 5.41) is 7.59. The second kappa shape index (κ2) is 8.70. The molecule has 4 rings (SSSR count). The Hall–Kier alpha value is -2.51. The van der Waals surface area contributed by atoms with Gasteiger partial charge in [-0.05, 0) is 50.2 Å². The monoisotopic (exact) mass is 420 g/mol. The van der Waals surface area contributed by atoms with Crippen LogP contribution in [0.15, 0.2) is 30.3 Å². The number of halogens is 3. The van der Waals surface area contributed by atoms with Crippen LogP contribution in [-0.4, -0.2) is 46.1 Å². The van der Waals surface area contributed by atoms with Crippen molar-refractivity contribution in [3.8, 4) is 0 Å². The Kier molecular flexibility index (Phi) is 6.01. The van der Waals surface area contributed by atoms with Crippen LogP contribution in [0.1, 0.15) is 43.0 Å². The van der Waals surface area contributed by atoms with E-state index >= 15 is 0 Å². The molecule has 0 radical (unpaired) electrons. The number of benzene rings is 1. The van der Waals surface area contributed by atoms with Gasteiger partial charge in [0.15, 0.2) is 0 Å². The maximum absolute atomic E-state index is 13.8. The highest BCUT2D eigenvalue weighted by molar-refractivity contribution is 5.76. The number of anilines is 1. The van der Waals surface area contributed by atoms with Crippen LogP contribution in [0.2, 0.25) is 0 Å². The normalized spacial score (nSPS) is 23.9. The molecule has 5 nitrogen and oxygen atoms in total. The molecular weight excluding hydrogens is 393 g/mol. The van der Waals surface area contributed by atoms with E-state index in [1.807, 2.05) is 4.90 Å². The zero-order chi connectivity index (χ0) is 21.3. The number of piperidine rings is 1. The summed E-state index contributed by atoms with van der Waals surface area (Å²) in [4.78, 5) is 14.5. The number of carbonyl (C=O) groups excluding carboxylic acids is 1. The van der Waals surface area contributed by atoms with E-state index in [1.54, 1.807) is 31.2 Å². The predicted octanol–water partition coefficient (Wildman–Crippen LogP) is 4.19. The highest BCUT2D eigenvalue weighted by atomic mass is 19.3. The Balaban J connectivity index is 1.40. The van der Waals surface area contributed by atoms with Crippen LogP contribution in [-0.2, 0) is 11.2 Å². The third-order valence-corrected chi connectivity index (χ3v) is 6.24. The fourth-order valence-electron chi connectivity index (χ4n) is 4.67. The number of likely N-dealkylation sites (tertiary alicyclic amines) is 1. The first-order valence-electron chi connectivity index (χ1n) is 10.5. The van der Waals surface area contributed by atoms with Crippen LogP contribution in [0.5, 0.6) is 0 Å². The van der Waals surface area contributed by atoms with Crippen molar-refractivity contribution in [1.82, 2.24) is 14.7 Å². The van der Waals surface area contributed by atoms with Crippen molar-refractivity contribution in [3.63, 3.8) is 0 Å². The predicted molar refractivity (Wildman–Crippen MR) is 108 cm³/mol. The number of nitrogens with one attached hydrogen (secondary N) is 1. The Morgan fingerprint density at radius 1 is 1.33 bits per heavy atom. The van der Waals surface area contributed by atoms with Crippen molar-refractivity contribution < 1.29 is 18.0 Å².